The number of fused-ring (bicyclic) bond motifs is 2. The molecule has 3 aliphatic rings. The zero-order chi connectivity index (χ0) is 23.4. The smallest absolute Gasteiger partial charge is 0.318 e. The van der Waals surface area contributed by atoms with Gasteiger partial charge in [0.25, 0.3) is 0 Å². The highest BCUT2D eigenvalue weighted by Gasteiger charge is 2.42. The number of anilines is 2. The van der Waals surface area contributed by atoms with E-state index in [4.69, 9.17) is 14.5 Å². The van der Waals surface area contributed by atoms with E-state index in [0.29, 0.717) is 46.6 Å². The second-order valence-electron chi connectivity index (χ2n) is 9.93. The summed E-state index contributed by atoms with van der Waals surface area (Å²) >= 11 is 0. The van der Waals surface area contributed by atoms with Gasteiger partial charge in [0.1, 0.15) is 5.82 Å². The lowest BCUT2D eigenvalue weighted by Crippen LogP contribution is -2.37. The fourth-order valence-electron chi connectivity index (χ4n) is 6.02. The molecule has 2 fully saturated rings. The molecule has 34 heavy (non-hydrogen) atoms. The average Bonchev–Trinajstić information content (AvgIpc) is 3.55. The Balaban J connectivity index is 1.23. The predicted molar refractivity (Wildman–Crippen MR) is 122 cm³/mol. The molecule has 3 aromatic rings. The molecule has 0 bridgehead atoms. The van der Waals surface area contributed by atoms with Crippen LogP contribution < -0.4 is 10.2 Å². The van der Waals surface area contributed by atoms with Gasteiger partial charge < -0.3 is 14.6 Å². The normalized spacial score (nSPS) is 26.4. The highest BCUT2D eigenvalue weighted by Crippen LogP contribution is 2.40. The van der Waals surface area contributed by atoms with Crippen LogP contribution in [0.15, 0.2) is 16.5 Å². The summed E-state index contributed by atoms with van der Waals surface area (Å²) in [7, 11) is 0. The van der Waals surface area contributed by atoms with Gasteiger partial charge in [0.2, 0.25) is 11.8 Å². The number of hydrogen-bond donors (Lipinski definition) is 1. The SMILES string of the molecule is Cc1nnc(N2CC3CCC[C@@H](Nc4nc5n(n4)CCCC5c4ccc(C)c(F)c4F)[C@@H]3C2)o1. The topological polar surface area (TPSA) is 84.9 Å². The van der Waals surface area contributed by atoms with Crippen LogP contribution in [0.4, 0.5) is 20.7 Å². The van der Waals surface area contributed by atoms with Crippen molar-refractivity contribution in [1.29, 1.82) is 0 Å². The van der Waals surface area contributed by atoms with Gasteiger partial charge in [0.15, 0.2) is 11.6 Å². The number of nitrogens with one attached hydrogen (secondary N) is 1. The Morgan fingerprint density at radius 2 is 1.91 bits per heavy atom. The first-order chi connectivity index (χ1) is 16.5. The summed E-state index contributed by atoms with van der Waals surface area (Å²) in [5.74, 6) is 0.996. The van der Waals surface area contributed by atoms with Gasteiger partial charge in [-0.3, -0.25) is 0 Å². The highest BCUT2D eigenvalue weighted by molar-refractivity contribution is 5.36. The van der Waals surface area contributed by atoms with Gasteiger partial charge in [0.05, 0.1) is 0 Å². The number of nitrogens with zero attached hydrogens (tertiary/aromatic N) is 6. The third-order valence-corrected chi connectivity index (χ3v) is 7.75. The molecule has 180 valence electrons. The van der Waals surface area contributed by atoms with Crippen molar-refractivity contribution in [2.45, 2.75) is 64.5 Å². The molecule has 2 unspecified atom stereocenters. The van der Waals surface area contributed by atoms with Crippen LogP contribution in [-0.4, -0.2) is 44.1 Å². The molecular weight excluding hydrogens is 440 g/mol. The van der Waals surface area contributed by atoms with Gasteiger partial charge in [-0.25, -0.2) is 13.5 Å². The van der Waals surface area contributed by atoms with Crippen molar-refractivity contribution in [3.63, 3.8) is 0 Å². The van der Waals surface area contributed by atoms with Crippen LogP contribution in [-0.2, 0) is 6.54 Å². The van der Waals surface area contributed by atoms with E-state index in [1.165, 1.54) is 6.42 Å². The lowest BCUT2D eigenvalue weighted by atomic mass is 9.78. The summed E-state index contributed by atoms with van der Waals surface area (Å²) < 4.78 is 36.6. The maximum absolute atomic E-state index is 14.8. The summed E-state index contributed by atoms with van der Waals surface area (Å²) in [6.45, 7) is 5.89. The Morgan fingerprint density at radius 3 is 2.74 bits per heavy atom. The van der Waals surface area contributed by atoms with Gasteiger partial charge in [-0.1, -0.05) is 23.7 Å². The summed E-state index contributed by atoms with van der Waals surface area (Å²) in [5.41, 5.74) is 0.677. The van der Waals surface area contributed by atoms with Gasteiger partial charge in [0, 0.05) is 50.0 Å². The van der Waals surface area contributed by atoms with E-state index in [1.54, 1.807) is 26.0 Å². The molecule has 1 aromatic carbocycles. The first-order valence-corrected chi connectivity index (χ1v) is 12.2. The van der Waals surface area contributed by atoms with Gasteiger partial charge in [-0.05, 0) is 44.1 Å². The maximum Gasteiger partial charge on any atom is 0.318 e. The molecule has 1 N–H and O–H groups in total. The number of hydrogen-bond acceptors (Lipinski definition) is 7. The van der Waals surface area contributed by atoms with Crippen molar-refractivity contribution in [1.82, 2.24) is 25.0 Å². The Labute approximate surface area is 196 Å². The lowest BCUT2D eigenvalue weighted by molar-refractivity contribution is 0.273. The molecule has 2 aromatic heterocycles. The Bertz CT molecular complexity index is 1210. The molecular formula is C24H29F2N7O. The van der Waals surface area contributed by atoms with Gasteiger partial charge in [-0.2, -0.15) is 4.98 Å². The van der Waals surface area contributed by atoms with Crippen LogP contribution in [0, 0.1) is 37.3 Å². The third kappa shape index (κ3) is 3.63. The molecule has 1 saturated heterocycles. The van der Waals surface area contributed by atoms with Crippen LogP contribution in [0.2, 0.25) is 0 Å². The molecule has 8 nitrogen and oxygen atoms in total. The highest BCUT2D eigenvalue weighted by atomic mass is 19.2. The standard InChI is InChI=1S/C24H29F2N7O/c1-13-8-9-16(21(26)20(13)25)17-6-4-10-33-22(17)28-23(31-33)27-19-7-3-5-15-11-32(12-18(15)19)24-30-29-14(2)34-24/h8-9,15,17-19H,3-7,10-12H2,1-2H3,(H,27,31)/t15?,17?,18-,19-/m1/s1. The first kappa shape index (κ1) is 21.5. The van der Waals surface area contributed by atoms with Crippen molar-refractivity contribution in [3.05, 3.63) is 46.6 Å². The van der Waals surface area contributed by atoms with Crippen LogP contribution in [0.25, 0.3) is 0 Å². The van der Waals surface area contributed by atoms with E-state index in [2.05, 4.69) is 20.4 Å². The quantitative estimate of drug-likeness (QED) is 0.613. The zero-order valence-corrected chi connectivity index (χ0v) is 19.5. The minimum Gasteiger partial charge on any atom is -0.408 e. The first-order valence-electron chi connectivity index (χ1n) is 12.2. The van der Waals surface area contributed by atoms with E-state index in [0.717, 1.165) is 45.3 Å². The number of aromatic nitrogens is 5. The lowest BCUT2D eigenvalue weighted by Gasteiger charge is -2.32. The summed E-state index contributed by atoms with van der Waals surface area (Å²) in [4.78, 5) is 6.97. The number of halogens is 2. The van der Waals surface area contributed by atoms with E-state index < -0.39 is 11.6 Å². The minimum atomic E-state index is -0.775. The summed E-state index contributed by atoms with van der Waals surface area (Å²) in [6, 6.07) is 4.16. The van der Waals surface area contributed by atoms with Crippen LogP contribution in [0.5, 0.6) is 0 Å². The summed E-state index contributed by atoms with van der Waals surface area (Å²) in [6.07, 6.45) is 4.94. The second kappa shape index (κ2) is 8.32. The average molecular weight is 470 g/mol. The van der Waals surface area contributed by atoms with Gasteiger partial charge in [-0.15, -0.1) is 10.2 Å². The molecule has 0 amide bonds. The van der Waals surface area contributed by atoms with Crippen molar-refractivity contribution >= 4 is 12.0 Å². The van der Waals surface area contributed by atoms with E-state index in [1.807, 2.05) is 4.68 Å². The maximum atomic E-state index is 14.8. The number of aryl methyl sites for hydroxylation is 3. The Hall–Kier alpha value is -3.04. The molecule has 0 spiro atoms. The zero-order valence-electron chi connectivity index (χ0n) is 19.5. The molecule has 1 saturated carbocycles. The van der Waals surface area contributed by atoms with E-state index >= 15 is 0 Å². The fraction of sp³-hybridized carbons (Fsp3) is 0.583. The van der Waals surface area contributed by atoms with Crippen molar-refractivity contribution in [2.75, 3.05) is 23.3 Å². The molecule has 6 rings (SSSR count). The predicted octanol–water partition coefficient (Wildman–Crippen LogP) is 4.20. The van der Waals surface area contributed by atoms with Crippen molar-refractivity contribution in [2.24, 2.45) is 11.8 Å². The van der Waals surface area contributed by atoms with Gasteiger partial charge >= 0.3 is 6.01 Å². The molecule has 4 atom stereocenters. The molecule has 2 aliphatic heterocycles. The Kier molecular flexibility index (Phi) is 5.26. The largest absolute Gasteiger partial charge is 0.408 e. The monoisotopic (exact) mass is 469 g/mol. The van der Waals surface area contributed by atoms with E-state index in [-0.39, 0.29) is 12.0 Å². The van der Waals surface area contributed by atoms with Crippen molar-refractivity contribution in [3.8, 4) is 0 Å². The fourth-order valence-corrected chi connectivity index (χ4v) is 6.02. The van der Waals surface area contributed by atoms with E-state index in [9.17, 15) is 8.78 Å². The minimum absolute atomic E-state index is 0.240. The van der Waals surface area contributed by atoms with Crippen LogP contribution in [0.1, 0.15) is 60.9 Å². The molecule has 0 radical (unpaired) electrons. The van der Waals surface area contributed by atoms with Crippen LogP contribution >= 0.6 is 0 Å². The second-order valence-corrected chi connectivity index (χ2v) is 9.93. The van der Waals surface area contributed by atoms with Crippen LogP contribution in [0.3, 0.4) is 0 Å². The molecule has 1 aliphatic carbocycles. The third-order valence-electron chi connectivity index (χ3n) is 7.75. The molecule has 10 heteroatoms. The number of rotatable bonds is 4. The molecule has 4 heterocycles. The Morgan fingerprint density at radius 1 is 1.03 bits per heavy atom. The van der Waals surface area contributed by atoms with Crippen molar-refractivity contribution < 1.29 is 13.2 Å². The number of benzene rings is 1. The summed E-state index contributed by atoms with van der Waals surface area (Å²) in [5, 5.41) is 16.5.